The van der Waals surface area contributed by atoms with E-state index in [2.05, 4.69) is 34.1 Å². The lowest BCUT2D eigenvalue weighted by Crippen LogP contribution is -2.34. The number of fused-ring (bicyclic) bond motifs is 1. The summed E-state index contributed by atoms with van der Waals surface area (Å²) < 4.78 is 21.1. The van der Waals surface area contributed by atoms with Crippen molar-refractivity contribution in [3.8, 4) is 11.4 Å². The number of benzene rings is 2. The van der Waals surface area contributed by atoms with Crippen molar-refractivity contribution >= 4 is 29.1 Å². The fraction of sp³-hybridized carbons (Fsp3) is 0.296. The average Bonchev–Trinajstić information content (AvgIpc) is 3.34. The number of likely N-dealkylation sites (N-methyl/N-ethyl adjacent to an activating group) is 1. The van der Waals surface area contributed by atoms with Crippen molar-refractivity contribution in [3.05, 3.63) is 82.8 Å². The number of rotatable bonds is 7. The summed E-state index contributed by atoms with van der Waals surface area (Å²) in [6, 6.07) is 12.4. The molecule has 2 aromatic heterocycles. The Morgan fingerprint density at radius 3 is 2.65 bits per heavy atom. The molecule has 0 saturated heterocycles. The smallest absolute Gasteiger partial charge is 0.229 e. The Kier molecular flexibility index (Phi) is 6.99. The van der Waals surface area contributed by atoms with Crippen LogP contribution in [0.5, 0.6) is 5.75 Å². The molecule has 1 atom stereocenters. The van der Waals surface area contributed by atoms with Gasteiger partial charge in [0.1, 0.15) is 28.9 Å². The number of hydrogen-bond acceptors (Lipinski definition) is 7. The van der Waals surface area contributed by atoms with Gasteiger partial charge in [-0.3, -0.25) is 0 Å². The van der Waals surface area contributed by atoms with Crippen LogP contribution in [0.3, 0.4) is 0 Å². The van der Waals surface area contributed by atoms with Crippen molar-refractivity contribution in [3.63, 3.8) is 0 Å². The second-order valence-electron chi connectivity index (χ2n) is 9.16. The highest BCUT2D eigenvalue weighted by Crippen LogP contribution is 2.37. The van der Waals surface area contributed by atoms with Gasteiger partial charge in [-0.25, -0.2) is 14.4 Å². The summed E-state index contributed by atoms with van der Waals surface area (Å²) in [5.41, 5.74) is 4.65. The van der Waals surface area contributed by atoms with Crippen molar-refractivity contribution in [1.82, 2.24) is 24.4 Å². The van der Waals surface area contributed by atoms with Crippen molar-refractivity contribution < 1.29 is 9.13 Å². The van der Waals surface area contributed by atoms with Crippen molar-refractivity contribution in [2.24, 2.45) is 0 Å². The molecule has 192 valence electrons. The summed E-state index contributed by atoms with van der Waals surface area (Å²) >= 11 is 6.00. The van der Waals surface area contributed by atoms with Gasteiger partial charge in [0.25, 0.3) is 0 Å². The average molecular weight is 522 g/mol. The summed E-state index contributed by atoms with van der Waals surface area (Å²) in [5, 5.41) is 3.77. The van der Waals surface area contributed by atoms with Gasteiger partial charge in [-0.1, -0.05) is 23.7 Å². The normalized spacial score (nSPS) is 15.4. The van der Waals surface area contributed by atoms with Gasteiger partial charge >= 0.3 is 0 Å². The van der Waals surface area contributed by atoms with Gasteiger partial charge in [-0.15, -0.1) is 0 Å². The third-order valence-corrected chi connectivity index (χ3v) is 6.84. The SMILES string of the molecule is CCN(C)c1nc(Nc2ccc(-n3cnc(Cl)c3)c(OC)c2)nc2c1CN(C)CC2c1ccc(F)cc1. The minimum Gasteiger partial charge on any atom is -0.494 e. The van der Waals surface area contributed by atoms with E-state index in [4.69, 9.17) is 26.3 Å². The number of halogens is 2. The topological polar surface area (TPSA) is 71.3 Å². The van der Waals surface area contributed by atoms with Crippen LogP contribution < -0.4 is 15.0 Å². The first-order chi connectivity index (χ1) is 17.9. The molecule has 1 aliphatic rings. The fourth-order valence-corrected chi connectivity index (χ4v) is 4.82. The highest BCUT2D eigenvalue weighted by Gasteiger charge is 2.30. The van der Waals surface area contributed by atoms with Crippen molar-refractivity contribution in [1.29, 1.82) is 0 Å². The molecule has 10 heteroatoms. The molecule has 0 spiro atoms. The van der Waals surface area contributed by atoms with E-state index < -0.39 is 0 Å². The van der Waals surface area contributed by atoms with Gasteiger partial charge in [0.05, 0.1) is 18.5 Å². The Hall–Kier alpha value is -3.69. The number of anilines is 3. The van der Waals surface area contributed by atoms with E-state index in [1.165, 1.54) is 12.1 Å². The van der Waals surface area contributed by atoms with E-state index in [1.807, 2.05) is 37.4 Å². The first-order valence-corrected chi connectivity index (χ1v) is 12.4. The third-order valence-electron chi connectivity index (χ3n) is 6.64. The molecule has 8 nitrogen and oxygen atoms in total. The number of ether oxygens (including phenoxy) is 1. The summed E-state index contributed by atoms with van der Waals surface area (Å²) in [7, 11) is 5.74. The van der Waals surface area contributed by atoms with Gasteiger partial charge in [-0.2, -0.15) is 4.98 Å². The Morgan fingerprint density at radius 2 is 1.97 bits per heavy atom. The van der Waals surface area contributed by atoms with Gasteiger partial charge < -0.3 is 24.4 Å². The molecule has 0 aliphatic carbocycles. The molecule has 0 amide bonds. The minimum atomic E-state index is -0.250. The lowest BCUT2D eigenvalue weighted by atomic mass is 9.88. The Morgan fingerprint density at radius 1 is 1.19 bits per heavy atom. The third kappa shape index (κ3) is 5.10. The number of aromatic nitrogens is 4. The van der Waals surface area contributed by atoms with Crippen LogP contribution in [-0.4, -0.2) is 58.7 Å². The summed E-state index contributed by atoms with van der Waals surface area (Å²) in [6.07, 6.45) is 3.36. The molecule has 0 radical (unpaired) electrons. The lowest BCUT2D eigenvalue weighted by molar-refractivity contribution is 0.291. The van der Waals surface area contributed by atoms with Crippen molar-refractivity contribution in [2.75, 3.05) is 44.5 Å². The van der Waals surface area contributed by atoms with Crippen LogP contribution in [0.25, 0.3) is 5.69 Å². The number of imidazole rings is 1. The zero-order valence-corrected chi connectivity index (χ0v) is 22.0. The lowest BCUT2D eigenvalue weighted by Gasteiger charge is -2.34. The number of hydrogen-bond donors (Lipinski definition) is 1. The largest absolute Gasteiger partial charge is 0.494 e. The molecule has 1 N–H and O–H groups in total. The highest BCUT2D eigenvalue weighted by atomic mass is 35.5. The molecular weight excluding hydrogens is 493 g/mol. The predicted molar refractivity (Wildman–Crippen MR) is 144 cm³/mol. The summed E-state index contributed by atoms with van der Waals surface area (Å²) in [5.74, 6) is 1.76. The van der Waals surface area contributed by atoms with E-state index in [-0.39, 0.29) is 11.7 Å². The predicted octanol–water partition coefficient (Wildman–Crippen LogP) is 5.24. The Bertz CT molecular complexity index is 1410. The molecule has 4 aromatic rings. The van der Waals surface area contributed by atoms with E-state index in [9.17, 15) is 4.39 Å². The molecular formula is C27H29ClFN7O. The van der Waals surface area contributed by atoms with Gasteiger partial charge in [-0.05, 0) is 43.8 Å². The van der Waals surface area contributed by atoms with Gasteiger partial charge in [0.15, 0.2) is 0 Å². The monoisotopic (exact) mass is 521 g/mol. The fourth-order valence-electron chi connectivity index (χ4n) is 4.67. The van der Waals surface area contributed by atoms with E-state index in [0.717, 1.165) is 53.6 Å². The zero-order chi connectivity index (χ0) is 26.1. The molecule has 0 fully saturated rings. The summed E-state index contributed by atoms with van der Waals surface area (Å²) in [6.45, 7) is 4.41. The second-order valence-corrected chi connectivity index (χ2v) is 9.55. The first-order valence-electron chi connectivity index (χ1n) is 12.1. The van der Waals surface area contributed by atoms with Crippen LogP contribution in [-0.2, 0) is 6.54 Å². The van der Waals surface area contributed by atoms with Crippen LogP contribution in [0.2, 0.25) is 5.15 Å². The maximum absolute atomic E-state index is 13.7. The maximum Gasteiger partial charge on any atom is 0.229 e. The molecule has 37 heavy (non-hydrogen) atoms. The Balaban J connectivity index is 1.56. The Labute approximate surface area is 220 Å². The first kappa shape index (κ1) is 25.0. The highest BCUT2D eigenvalue weighted by molar-refractivity contribution is 6.29. The van der Waals surface area contributed by atoms with Gasteiger partial charge in [0, 0.05) is 56.1 Å². The molecule has 1 unspecified atom stereocenters. The zero-order valence-electron chi connectivity index (χ0n) is 21.2. The van der Waals surface area contributed by atoms with E-state index in [0.29, 0.717) is 16.9 Å². The van der Waals surface area contributed by atoms with Crippen LogP contribution in [0.4, 0.5) is 21.8 Å². The van der Waals surface area contributed by atoms with Crippen LogP contribution in [0.1, 0.15) is 29.7 Å². The van der Waals surface area contributed by atoms with Crippen LogP contribution in [0, 0.1) is 5.82 Å². The quantitative estimate of drug-likeness (QED) is 0.356. The molecule has 1 aliphatic heterocycles. The number of nitrogens with one attached hydrogen (secondary N) is 1. The van der Waals surface area contributed by atoms with Crippen LogP contribution in [0.15, 0.2) is 55.0 Å². The van der Waals surface area contributed by atoms with Crippen molar-refractivity contribution in [2.45, 2.75) is 19.4 Å². The molecule has 0 saturated carbocycles. The second kappa shape index (κ2) is 10.4. The molecule has 0 bridgehead atoms. The maximum atomic E-state index is 13.7. The van der Waals surface area contributed by atoms with Gasteiger partial charge in [0.2, 0.25) is 5.95 Å². The molecule has 3 heterocycles. The standard InChI is InChI=1S/C27H29ClFN7O/c1-5-35(3)26-21-14-34(2)13-20(17-6-8-18(29)9-7-17)25(21)32-27(33-26)31-19-10-11-22(23(12-19)37-4)36-15-24(28)30-16-36/h6-12,15-16,20H,5,13-14H2,1-4H3,(H,31,32,33). The van der Waals surface area contributed by atoms with E-state index in [1.54, 1.807) is 24.2 Å². The number of methoxy groups -OCH3 is 1. The van der Waals surface area contributed by atoms with E-state index >= 15 is 0 Å². The van der Waals surface area contributed by atoms with Crippen LogP contribution >= 0.6 is 11.6 Å². The minimum absolute atomic E-state index is 0.00944. The number of nitrogens with zero attached hydrogens (tertiary/aromatic N) is 6. The summed E-state index contributed by atoms with van der Waals surface area (Å²) in [4.78, 5) is 18.4. The molecule has 2 aromatic carbocycles. The molecule has 5 rings (SSSR count).